The molecule has 0 aromatic heterocycles. The highest BCUT2D eigenvalue weighted by Gasteiger charge is 2.44. The molecule has 2 rings (SSSR count). The van der Waals surface area contributed by atoms with E-state index < -0.39 is 46.1 Å². The summed E-state index contributed by atoms with van der Waals surface area (Å²) in [6.45, 7) is 10.0. The van der Waals surface area contributed by atoms with E-state index in [1.807, 2.05) is 33.9 Å². The summed E-state index contributed by atoms with van der Waals surface area (Å²) in [7, 11) is -5.65. The zero-order valence-electron chi connectivity index (χ0n) is 21.1. The van der Waals surface area contributed by atoms with E-state index in [1.54, 1.807) is 30.3 Å². The Bertz CT molecular complexity index is 1150. The standard InChI is InChI=1S/C24H34N3O7SSi/c1-23(2,3)21(34-36(4)5)16-25-17-24(22(28)29,15-18-11-7-6-8-12-18)26-35(32,33)20-14-10-9-13-19(20)27(30)31/h6-14,21,25-26H,15-17H2,1-5H3,(H,28,29)/t21?,24-/m0/s1. The van der Waals surface area contributed by atoms with Gasteiger partial charge in [0, 0.05) is 25.6 Å². The fourth-order valence-electron chi connectivity index (χ4n) is 3.65. The minimum absolute atomic E-state index is 0.187. The fraction of sp³-hybridized carbons (Fsp3) is 0.458. The van der Waals surface area contributed by atoms with Crippen molar-refractivity contribution in [3.05, 3.63) is 70.3 Å². The Balaban J connectivity index is 2.46. The molecule has 0 aliphatic heterocycles. The van der Waals surface area contributed by atoms with Gasteiger partial charge in [-0.05, 0) is 30.1 Å². The van der Waals surface area contributed by atoms with Gasteiger partial charge in [-0.1, -0.05) is 63.2 Å². The number of sulfonamides is 1. The average molecular weight is 537 g/mol. The first-order chi connectivity index (χ1) is 16.7. The number of carbonyl (C=O) groups is 1. The van der Waals surface area contributed by atoms with Crippen LogP contribution in [0.4, 0.5) is 5.69 Å². The summed E-state index contributed by atoms with van der Waals surface area (Å²) < 4.78 is 35.1. The van der Waals surface area contributed by atoms with Gasteiger partial charge in [0.1, 0.15) is 5.54 Å². The molecule has 0 bridgehead atoms. The quantitative estimate of drug-likeness (QED) is 0.201. The molecule has 0 aliphatic carbocycles. The third-order valence-electron chi connectivity index (χ3n) is 5.54. The molecule has 2 atom stereocenters. The first-order valence-electron chi connectivity index (χ1n) is 11.4. The maximum atomic E-state index is 13.3. The molecule has 0 spiro atoms. The normalized spacial score (nSPS) is 14.8. The van der Waals surface area contributed by atoms with Gasteiger partial charge in [0.2, 0.25) is 19.1 Å². The van der Waals surface area contributed by atoms with Crippen molar-refractivity contribution in [2.75, 3.05) is 13.1 Å². The number of carboxylic acids is 1. The number of rotatable bonds is 13. The first kappa shape index (κ1) is 29.6. The zero-order valence-corrected chi connectivity index (χ0v) is 23.0. The maximum Gasteiger partial charge on any atom is 0.326 e. The molecule has 10 nitrogen and oxygen atoms in total. The lowest BCUT2D eigenvalue weighted by atomic mass is 9.88. The largest absolute Gasteiger partial charge is 0.480 e. The number of hydrogen-bond acceptors (Lipinski definition) is 7. The van der Waals surface area contributed by atoms with E-state index in [2.05, 4.69) is 10.0 Å². The van der Waals surface area contributed by atoms with Crippen molar-refractivity contribution in [2.24, 2.45) is 5.41 Å². The van der Waals surface area contributed by atoms with E-state index in [9.17, 15) is 28.4 Å². The lowest BCUT2D eigenvalue weighted by Gasteiger charge is -2.35. The Labute approximate surface area is 214 Å². The monoisotopic (exact) mass is 536 g/mol. The SMILES string of the molecule is C[Si](C)OC(CNC[C@](Cc1ccccc1)(NS(=O)(=O)c1ccccc1[N+](=O)[O-])C(=O)O)C(C)(C)C. The summed E-state index contributed by atoms with van der Waals surface area (Å²) in [5.41, 5.74) is -2.33. The molecular formula is C24H34N3O7SSi. The fourth-order valence-corrected chi connectivity index (χ4v) is 6.18. The van der Waals surface area contributed by atoms with Gasteiger partial charge in [-0.2, -0.15) is 4.72 Å². The van der Waals surface area contributed by atoms with Gasteiger partial charge in [0.25, 0.3) is 5.69 Å². The molecule has 0 saturated carbocycles. The highest BCUT2D eigenvalue weighted by Crippen LogP contribution is 2.26. The molecule has 1 radical (unpaired) electrons. The van der Waals surface area contributed by atoms with E-state index in [0.717, 1.165) is 12.1 Å². The molecule has 12 heteroatoms. The number of nitro benzene ring substituents is 1. The molecule has 36 heavy (non-hydrogen) atoms. The Hall–Kier alpha value is -2.64. The summed E-state index contributed by atoms with van der Waals surface area (Å²) in [4.78, 5) is 22.7. The van der Waals surface area contributed by atoms with E-state index in [-0.39, 0.29) is 31.0 Å². The number of nitro groups is 1. The maximum absolute atomic E-state index is 13.3. The average Bonchev–Trinajstić information content (AvgIpc) is 2.77. The van der Waals surface area contributed by atoms with Crippen LogP contribution in [0.3, 0.4) is 0 Å². The van der Waals surface area contributed by atoms with Crippen molar-refractivity contribution in [1.29, 1.82) is 0 Å². The molecule has 3 N–H and O–H groups in total. The summed E-state index contributed by atoms with van der Waals surface area (Å²) in [5.74, 6) is -1.41. The van der Waals surface area contributed by atoms with Crippen LogP contribution in [0.1, 0.15) is 26.3 Å². The molecule has 2 aromatic carbocycles. The topological polar surface area (TPSA) is 148 Å². The van der Waals surface area contributed by atoms with E-state index >= 15 is 0 Å². The van der Waals surface area contributed by atoms with Gasteiger partial charge >= 0.3 is 5.97 Å². The number of nitrogens with one attached hydrogen (secondary N) is 2. The molecule has 0 heterocycles. The Morgan fingerprint density at radius 1 is 1.11 bits per heavy atom. The highest BCUT2D eigenvalue weighted by molar-refractivity contribution is 7.89. The summed E-state index contributed by atoms with van der Waals surface area (Å²) >= 11 is 0. The van der Waals surface area contributed by atoms with Crippen LogP contribution >= 0.6 is 0 Å². The lowest BCUT2D eigenvalue weighted by Crippen LogP contribution is -2.62. The molecule has 197 valence electrons. The minimum atomic E-state index is -4.60. The second-order valence-corrected chi connectivity index (χ2v) is 13.6. The third kappa shape index (κ3) is 7.93. The molecule has 2 aromatic rings. The van der Waals surface area contributed by atoms with Crippen LogP contribution in [0.25, 0.3) is 0 Å². The smallest absolute Gasteiger partial charge is 0.326 e. The zero-order chi connectivity index (χ0) is 27.1. The Morgan fingerprint density at radius 2 is 1.69 bits per heavy atom. The molecule has 0 aliphatic rings. The van der Waals surface area contributed by atoms with Crippen LogP contribution in [0, 0.1) is 15.5 Å². The van der Waals surface area contributed by atoms with Crippen molar-refractivity contribution in [1.82, 2.24) is 10.0 Å². The Kier molecular flexibility index (Phi) is 9.91. The van der Waals surface area contributed by atoms with Crippen molar-refractivity contribution in [3.8, 4) is 0 Å². The second kappa shape index (κ2) is 12.1. The molecule has 0 amide bonds. The number of nitrogens with zero attached hydrogens (tertiary/aromatic N) is 1. The number of carboxylic acid groups (broad SMARTS) is 1. The van der Waals surface area contributed by atoms with Crippen molar-refractivity contribution in [3.63, 3.8) is 0 Å². The minimum Gasteiger partial charge on any atom is -0.480 e. The summed E-state index contributed by atoms with van der Waals surface area (Å²) in [6.07, 6.45) is -0.426. The van der Waals surface area contributed by atoms with Gasteiger partial charge in [-0.25, -0.2) is 8.42 Å². The Morgan fingerprint density at radius 3 is 2.22 bits per heavy atom. The molecule has 0 fully saturated rings. The number of para-hydroxylation sites is 1. The van der Waals surface area contributed by atoms with Gasteiger partial charge in [-0.15, -0.1) is 0 Å². The van der Waals surface area contributed by atoms with Crippen molar-refractivity contribution >= 4 is 30.7 Å². The predicted octanol–water partition coefficient (Wildman–Crippen LogP) is 3.21. The van der Waals surface area contributed by atoms with Crippen LogP contribution in [0.15, 0.2) is 59.5 Å². The van der Waals surface area contributed by atoms with Gasteiger partial charge in [-0.3, -0.25) is 14.9 Å². The van der Waals surface area contributed by atoms with E-state index in [0.29, 0.717) is 5.56 Å². The third-order valence-corrected chi connectivity index (χ3v) is 7.88. The summed E-state index contributed by atoms with van der Waals surface area (Å²) in [6, 6.07) is 13.4. The van der Waals surface area contributed by atoms with Crippen LogP contribution < -0.4 is 10.0 Å². The van der Waals surface area contributed by atoms with Gasteiger partial charge < -0.3 is 14.8 Å². The number of aliphatic carboxylic acids is 1. The van der Waals surface area contributed by atoms with Gasteiger partial charge in [0.05, 0.1) is 11.0 Å². The van der Waals surface area contributed by atoms with Crippen molar-refractivity contribution in [2.45, 2.75) is 56.8 Å². The van der Waals surface area contributed by atoms with Crippen molar-refractivity contribution < 1.29 is 27.7 Å². The van der Waals surface area contributed by atoms with Crippen LogP contribution in [-0.2, 0) is 25.7 Å². The van der Waals surface area contributed by atoms with E-state index in [4.69, 9.17) is 4.43 Å². The van der Waals surface area contributed by atoms with Crippen LogP contribution in [-0.4, -0.2) is 58.2 Å². The van der Waals surface area contributed by atoms with Gasteiger partial charge in [0.15, 0.2) is 4.90 Å². The highest BCUT2D eigenvalue weighted by atomic mass is 32.2. The molecular weight excluding hydrogens is 502 g/mol. The summed E-state index contributed by atoms with van der Waals surface area (Å²) in [5, 5.41) is 24.9. The number of hydrogen-bond donors (Lipinski definition) is 3. The molecule has 1 unspecified atom stereocenters. The lowest BCUT2D eigenvalue weighted by molar-refractivity contribution is -0.387. The molecule has 0 saturated heterocycles. The van der Waals surface area contributed by atoms with E-state index in [1.165, 1.54) is 12.1 Å². The second-order valence-electron chi connectivity index (χ2n) is 9.89. The first-order valence-corrected chi connectivity index (χ1v) is 15.3. The predicted molar refractivity (Wildman–Crippen MR) is 139 cm³/mol. The number of benzene rings is 2. The van der Waals surface area contributed by atoms with Crippen LogP contribution in [0.2, 0.25) is 13.1 Å². The van der Waals surface area contributed by atoms with Crippen LogP contribution in [0.5, 0.6) is 0 Å².